The SMILES string of the molecule is CCOC(=O)[C@@H]1CCCN(S(=O)(=O)c2cccc(C(C)=O)c2)C1. The Labute approximate surface area is 136 Å². The molecule has 1 aromatic rings. The first-order valence-corrected chi connectivity index (χ1v) is 9.08. The fourth-order valence-corrected chi connectivity index (χ4v) is 4.21. The third-order valence-electron chi connectivity index (χ3n) is 3.88. The average Bonchev–Trinajstić information content (AvgIpc) is 2.55. The van der Waals surface area contributed by atoms with Gasteiger partial charge in [0, 0.05) is 18.7 Å². The minimum absolute atomic E-state index is 0.0784. The molecule has 0 aliphatic carbocycles. The van der Waals surface area contributed by atoms with E-state index < -0.39 is 15.9 Å². The summed E-state index contributed by atoms with van der Waals surface area (Å²) in [6.45, 7) is 3.88. The van der Waals surface area contributed by atoms with Crippen molar-refractivity contribution in [3.8, 4) is 0 Å². The molecule has 0 bridgehead atoms. The quantitative estimate of drug-likeness (QED) is 0.604. The van der Waals surface area contributed by atoms with E-state index in [0.29, 0.717) is 24.9 Å². The zero-order valence-electron chi connectivity index (χ0n) is 13.3. The number of carbonyl (C=O) groups is 2. The van der Waals surface area contributed by atoms with Crippen LogP contribution in [0.5, 0.6) is 0 Å². The number of nitrogens with zero attached hydrogens (tertiary/aromatic N) is 1. The van der Waals surface area contributed by atoms with Gasteiger partial charge in [0.1, 0.15) is 0 Å². The largest absolute Gasteiger partial charge is 0.466 e. The lowest BCUT2D eigenvalue weighted by Crippen LogP contribution is -2.42. The summed E-state index contributed by atoms with van der Waals surface area (Å²) in [6.07, 6.45) is 1.23. The van der Waals surface area contributed by atoms with E-state index in [2.05, 4.69) is 0 Å². The van der Waals surface area contributed by atoms with Crippen LogP contribution in [0.3, 0.4) is 0 Å². The van der Waals surface area contributed by atoms with Crippen LogP contribution in [-0.4, -0.2) is 44.2 Å². The number of piperidine rings is 1. The number of hydrogen-bond acceptors (Lipinski definition) is 5. The Morgan fingerprint density at radius 2 is 2.09 bits per heavy atom. The van der Waals surface area contributed by atoms with Crippen LogP contribution in [-0.2, 0) is 19.6 Å². The van der Waals surface area contributed by atoms with Gasteiger partial charge in [-0.15, -0.1) is 0 Å². The molecular weight excluding hydrogens is 318 g/mol. The van der Waals surface area contributed by atoms with Crippen LogP contribution in [0.2, 0.25) is 0 Å². The van der Waals surface area contributed by atoms with E-state index in [0.717, 1.165) is 0 Å². The van der Waals surface area contributed by atoms with E-state index in [-0.39, 0.29) is 29.8 Å². The van der Waals surface area contributed by atoms with Crippen molar-refractivity contribution in [3.63, 3.8) is 0 Å². The monoisotopic (exact) mass is 339 g/mol. The minimum atomic E-state index is -3.73. The lowest BCUT2D eigenvalue weighted by Gasteiger charge is -2.30. The lowest BCUT2D eigenvalue weighted by molar-refractivity contribution is -0.149. The van der Waals surface area contributed by atoms with E-state index >= 15 is 0 Å². The number of carbonyl (C=O) groups excluding carboxylic acids is 2. The Morgan fingerprint density at radius 3 is 2.74 bits per heavy atom. The van der Waals surface area contributed by atoms with Gasteiger partial charge in [-0.2, -0.15) is 4.31 Å². The normalized spacial score (nSPS) is 19.3. The summed E-state index contributed by atoms with van der Waals surface area (Å²) < 4.78 is 31.8. The molecule has 1 saturated heterocycles. The van der Waals surface area contributed by atoms with Gasteiger partial charge in [-0.1, -0.05) is 12.1 Å². The topological polar surface area (TPSA) is 80.8 Å². The van der Waals surface area contributed by atoms with Crippen molar-refractivity contribution in [2.45, 2.75) is 31.6 Å². The molecule has 0 N–H and O–H groups in total. The van der Waals surface area contributed by atoms with Crippen LogP contribution >= 0.6 is 0 Å². The molecule has 7 heteroatoms. The zero-order chi connectivity index (χ0) is 17.0. The number of esters is 1. The van der Waals surface area contributed by atoms with Crippen LogP contribution in [0, 0.1) is 5.92 Å². The summed E-state index contributed by atoms with van der Waals surface area (Å²) in [5.41, 5.74) is 0.352. The first-order valence-electron chi connectivity index (χ1n) is 7.64. The standard InChI is InChI=1S/C16H21NO5S/c1-3-22-16(19)14-7-5-9-17(11-14)23(20,21)15-8-4-6-13(10-15)12(2)18/h4,6,8,10,14H,3,5,7,9,11H2,1-2H3/t14-/m1/s1. The molecule has 0 unspecified atom stereocenters. The third kappa shape index (κ3) is 3.97. The lowest BCUT2D eigenvalue weighted by atomic mass is 10.0. The average molecular weight is 339 g/mol. The molecule has 126 valence electrons. The molecule has 1 aliphatic heterocycles. The Kier molecular flexibility index (Phi) is 5.54. The molecule has 1 atom stereocenters. The summed E-state index contributed by atoms with van der Waals surface area (Å²) in [5.74, 6) is -0.982. The zero-order valence-corrected chi connectivity index (χ0v) is 14.1. The highest BCUT2D eigenvalue weighted by atomic mass is 32.2. The maximum absolute atomic E-state index is 12.8. The second-order valence-corrected chi connectivity index (χ2v) is 7.48. The smallest absolute Gasteiger partial charge is 0.310 e. The van der Waals surface area contributed by atoms with Gasteiger partial charge in [0.05, 0.1) is 17.4 Å². The second kappa shape index (κ2) is 7.23. The van der Waals surface area contributed by atoms with Crippen molar-refractivity contribution in [2.75, 3.05) is 19.7 Å². The summed E-state index contributed by atoms with van der Waals surface area (Å²) in [5, 5.41) is 0. The first-order chi connectivity index (χ1) is 10.9. The molecule has 1 aromatic carbocycles. The van der Waals surface area contributed by atoms with Gasteiger partial charge in [0.15, 0.2) is 5.78 Å². The molecule has 0 amide bonds. The Hall–Kier alpha value is -1.73. The molecule has 2 rings (SSSR count). The summed E-state index contributed by atoms with van der Waals surface area (Å²) >= 11 is 0. The van der Waals surface area contributed by atoms with Crippen molar-refractivity contribution >= 4 is 21.8 Å². The molecule has 0 saturated carbocycles. The van der Waals surface area contributed by atoms with E-state index in [1.165, 1.54) is 23.4 Å². The fourth-order valence-electron chi connectivity index (χ4n) is 2.64. The number of ether oxygens (including phenoxy) is 1. The summed E-state index contributed by atoms with van der Waals surface area (Å²) in [4.78, 5) is 23.4. The van der Waals surface area contributed by atoms with Crippen molar-refractivity contribution in [2.24, 2.45) is 5.92 Å². The molecule has 6 nitrogen and oxygen atoms in total. The predicted molar refractivity (Wildman–Crippen MR) is 84.6 cm³/mol. The molecule has 0 aromatic heterocycles. The van der Waals surface area contributed by atoms with E-state index in [1.54, 1.807) is 19.1 Å². The van der Waals surface area contributed by atoms with Crippen molar-refractivity contribution in [3.05, 3.63) is 29.8 Å². The maximum atomic E-state index is 12.8. The van der Waals surface area contributed by atoms with Crippen molar-refractivity contribution in [1.82, 2.24) is 4.31 Å². The van der Waals surface area contributed by atoms with E-state index in [1.807, 2.05) is 0 Å². The van der Waals surface area contributed by atoms with Crippen molar-refractivity contribution < 1.29 is 22.7 Å². The summed E-state index contributed by atoms with van der Waals surface area (Å²) in [6, 6.07) is 5.98. The number of hydrogen-bond donors (Lipinski definition) is 0. The number of sulfonamides is 1. The van der Waals surface area contributed by atoms with Crippen LogP contribution < -0.4 is 0 Å². The molecule has 1 aliphatic rings. The highest BCUT2D eigenvalue weighted by Gasteiger charge is 2.34. The van der Waals surface area contributed by atoms with Gasteiger partial charge < -0.3 is 4.74 Å². The highest BCUT2D eigenvalue weighted by Crippen LogP contribution is 2.25. The molecule has 0 spiro atoms. The van der Waals surface area contributed by atoms with Gasteiger partial charge in [0.2, 0.25) is 10.0 Å². The first kappa shape index (κ1) is 17.6. The molecular formula is C16H21NO5S. The van der Waals surface area contributed by atoms with Gasteiger partial charge in [-0.3, -0.25) is 9.59 Å². The third-order valence-corrected chi connectivity index (χ3v) is 5.74. The van der Waals surface area contributed by atoms with Gasteiger partial charge in [0.25, 0.3) is 0 Å². The van der Waals surface area contributed by atoms with Crippen LogP contribution in [0.15, 0.2) is 29.2 Å². The van der Waals surface area contributed by atoms with Gasteiger partial charge >= 0.3 is 5.97 Å². The number of rotatable bonds is 5. The molecule has 0 radical (unpaired) electrons. The van der Waals surface area contributed by atoms with Gasteiger partial charge in [-0.05, 0) is 38.8 Å². The fraction of sp³-hybridized carbons (Fsp3) is 0.500. The molecule has 23 heavy (non-hydrogen) atoms. The second-order valence-electron chi connectivity index (χ2n) is 5.54. The van der Waals surface area contributed by atoms with E-state index in [9.17, 15) is 18.0 Å². The van der Waals surface area contributed by atoms with Gasteiger partial charge in [-0.25, -0.2) is 8.42 Å². The number of benzene rings is 1. The van der Waals surface area contributed by atoms with E-state index in [4.69, 9.17) is 4.74 Å². The maximum Gasteiger partial charge on any atom is 0.310 e. The predicted octanol–water partition coefficient (Wildman–Crippen LogP) is 1.85. The minimum Gasteiger partial charge on any atom is -0.466 e. The number of ketones is 1. The highest BCUT2D eigenvalue weighted by molar-refractivity contribution is 7.89. The van der Waals surface area contributed by atoms with Crippen LogP contribution in [0.1, 0.15) is 37.0 Å². The van der Waals surface area contributed by atoms with Crippen LogP contribution in [0.25, 0.3) is 0 Å². The van der Waals surface area contributed by atoms with Crippen molar-refractivity contribution in [1.29, 1.82) is 0 Å². The number of Topliss-reactive ketones (excluding diaryl/α,β-unsaturated/α-hetero) is 1. The molecule has 1 heterocycles. The Bertz CT molecular complexity index is 698. The van der Waals surface area contributed by atoms with Crippen LogP contribution in [0.4, 0.5) is 0 Å². The molecule has 1 fully saturated rings. The Balaban J connectivity index is 2.23. The Morgan fingerprint density at radius 1 is 1.35 bits per heavy atom. The summed E-state index contributed by atoms with van der Waals surface area (Å²) in [7, 11) is -3.73.